The van der Waals surface area contributed by atoms with Crippen LogP contribution in [0.3, 0.4) is 0 Å². The van der Waals surface area contributed by atoms with Crippen molar-refractivity contribution in [1.29, 1.82) is 0 Å². The number of nitrogens with one attached hydrogen (secondary N) is 1. The summed E-state index contributed by atoms with van der Waals surface area (Å²) in [6.07, 6.45) is 8.10. The Balaban J connectivity index is 1.50. The van der Waals surface area contributed by atoms with Gasteiger partial charge in [0.25, 0.3) is 0 Å². The van der Waals surface area contributed by atoms with Gasteiger partial charge in [0.2, 0.25) is 5.91 Å². The number of pyridine rings is 1. The Kier molecular flexibility index (Phi) is 5.23. The summed E-state index contributed by atoms with van der Waals surface area (Å²) in [6, 6.07) is 4.18. The first-order chi connectivity index (χ1) is 11.2. The van der Waals surface area contributed by atoms with E-state index >= 15 is 0 Å². The molecule has 1 aliphatic heterocycles. The summed E-state index contributed by atoms with van der Waals surface area (Å²) >= 11 is 1.57. The highest BCUT2D eigenvalue weighted by Gasteiger charge is 2.20. The van der Waals surface area contributed by atoms with Gasteiger partial charge in [0, 0.05) is 37.8 Å². The van der Waals surface area contributed by atoms with Crippen molar-refractivity contribution in [3.8, 4) is 0 Å². The van der Waals surface area contributed by atoms with Crippen molar-refractivity contribution in [1.82, 2.24) is 14.9 Å². The quantitative estimate of drug-likeness (QED) is 0.912. The predicted molar refractivity (Wildman–Crippen MR) is 92.9 cm³/mol. The first-order valence-electron chi connectivity index (χ1n) is 8.07. The number of amides is 1. The van der Waals surface area contributed by atoms with Gasteiger partial charge in [-0.3, -0.25) is 4.79 Å². The summed E-state index contributed by atoms with van der Waals surface area (Å²) < 4.78 is 0. The number of hydrogen-bond donors (Lipinski definition) is 1. The number of aryl methyl sites for hydroxylation is 1. The van der Waals surface area contributed by atoms with E-state index in [0.717, 1.165) is 43.3 Å². The Labute approximate surface area is 140 Å². The van der Waals surface area contributed by atoms with Crippen LogP contribution in [-0.4, -0.2) is 33.9 Å². The maximum atomic E-state index is 11.4. The number of carbonyl (C=O) groups is 1. The molecule has 5 nitrogen and oxygen atoms in total. The van der Waals surface area contributed by atoms with Crippen LogP contribution in [0.15, 0.2) is 29.9 Å². The first kappa shape index (κ1) is 15.9. The second-order valence-electron chi connectivity index (χ2n) is 6.00. The number of nitrogens with zero attached hydrogens (tertiary/aromatic N) is 3. The minimum atomic E-state index is 0.204. The molecule has 0 unspecified atom stereocenters. The van der Waals surface area contributed by atoms with Crippen molar-refractivity contribution < 1.29 is 4.79 Å². The summed E-state index contributed by atoms with van der Waals surface area (Å²) in [5.74, 6) is 1.77. The van der Waals surface area contributed by atoms with E-state index < -0.39 is 0 Å². The summed E-state index contributed by atoms with van der Waals surface area (Å²) in [5.41, 5.74) is 1.30. The van der Waals surface area contributed by atoms with Crippen molar-refractivity contribution in [3.63, 3.8) is 0 Å². The van der Waals surface area contributed by atoms with E-state index in [0.29, 0.717) is 5.92 Å². The molecule has 0 bridgehead atoms. The van der Waals surface area contributed by atoms with E-state index in [1.165, 1.54) is 12.0 Å². The maximum Gasteiger partial charge on any atom is 0.219 e. The van der Waals surface area contributed by atoms with Gasteiger partial charge in [-0.25, -0.2) is 9.97 Å². The van der Waals surface area contributed by atoms with Crippen molar-refractivity contribution in [3.05, 3.63) is 35.5 Å². The normalized spacial score (nSPS) is 15.6. The van der Waals surface area contributed by atoms with Crippen LogP contribution in [0.5, 0.6) is 0 Å². The average Bonchev–Trinajstić information content (AvgIpc) is 3.07. The molecular formula is C17H22N4OS. The molecular weight excluding hydrogens is 308 g/mol. The molecule has 0 aliphatic carbocycles. The fourth-order valence-electron chi connectivity index (χ4n) is 3.00. The number of hydrogen-bond acceptors (Lipinski definition) is 5. The summed E-state index contributed by atoms with van der Waals surface area (Å²) in [4.78, 5) is 21.9. The molecule has 1 fully saturated rings. The van der Waals surface area contributed by atoms with Gasteiger partial charge in [-0.1, -0.05) is 0 Å². The average molecular weight is 330 g/mol. The highest BCUT2D eigenvalue weighted by atomic mass is 32.1. The molecule has 122 valence electrons. The van der Waals surface area contributed by atoms with Crippen LogP contribution in [0.4, 0.5) is 10.9 Å². The van der Waals surface area contributed by atoms with E-state index in [-0.39, 0.29) is 5.91 Å². The highest BCUT2D eigenvalue weighted by Crippen LogP contribution is 2.23. The third-order valence-corrected chi connectivity index (χ3v) is 5.08. The molecule has 3 rings (SSSR count). The predicted octanol–water partition coefficient (Wildman–Crippen LogP) is 3.47. The van der Waals surface area contributed by atoms with E-state index in [2.05, 4.69) is 27.4 Å². The zero-order valence-electron chi connectivity index (χ0n) is 13.4. The van der Waals surface area contributed by atoms with Gasteiger partial charge in [0.05, 0.1) is 0 Å². The van der Waals surface area contributed by atoms with Crippen LogP contribution in [0.25, 0.3) is 0 Å². The van der Waals surface area contributed by atoms with Crippen LogP contribution in [0, 0.1) is 5.92 Å². The summed E-state index contributed by atoms with van der Waals surface area (Å²) in [7, 11) is 0. The zero-order chi connectivity index (χ0) is 16.1. The molecule has 23 heavy (non-hydrogen) atoms. The minimum absolute atomic E-state index is 0.204. The van der Waals surface area contributed by atoms with E-state index in [1.54, 1.807) is 24.5 Å². The Morgan fingerprint density at radius 2 is 2.17 bits per heavy atom. The fourth-order valence-corrected chi connectivity index (χ4v) is 3.54. The van der Waals surface area contributed by atoms with Crippen LogP contribution in [0.1, 0.15) is 31.7 Å². The highest BCUT2D eigenvalue weighted by molar-refractivity contribution is 7.13. The van der Waals surface area contributed by atoms with Gasteiger partial charge < -0.3 is 10.2 Å². The molecule has 1 aliphatic rings. The molecule has 1 amide bonds. The van der Waals surface area contributed by atoms with Crippen molar-refractivity contribution in [2.24, 2.45) is 5.92 Å². The van der Waals surface area contributed by atoms with Crippen LogP contribution in [0.2, 0.25) is 0 Å². The third-order valence-electron chi connectivity index (χ3n) is 4.39. The second kappa shape index (κ2) is 7.55. The van der Waals surface area contributed by atoms with Crippen LogP contribution >= 0.6 is 11.3 Å². The Hall–Kier alpha value is -1.95. The van der Waals surface area contributed by atoms with Gasteiger partial charge in [-0.05, 0) is 49.3 Å². The number of piperidine rings is 1. The first-order valence-corrected chi connectivity index (χ1v) is 8.95. The van der Waals surface area contributed by atoms with Gasteiger partial charge in [0.15, 0.2) is 5.13 Å². The summed E-state index contributed by atoms with van der Waals surface area (Å²) in [5, 5.41) is 6.04. The number of anilines is 2. The molecule has 3 heterocycles. The number of carbonyl (C=O) groups excluding carboxylic acids is 1. The SMILES string of the molecule is CC(=O)N1CCC(CCc2ccnc(Nc3nccs3)c2)CC1. The topological polar surface area (TPSA) is 58.1 Å². The lowest BCUT2D eigenvalue weighted by atomic mass is 9.90. The maximum absolute atomic E-state index is 11.4. The lowest BCUT2D eigenvalue weighted by Crippen LogP contribution is -2.37. The number of likely N-dealkylation sites (tertiary alicyclic amines) is 1. The van der Waals surface area contributed by atoms with Crippen LogP contribution in [-0.2, 0) is 11.2 Å². The molecule has 0 saturated carbocycles. The molecule has 2 aromatic heterocycles. The molecule has 0 spiro atoms. The standard InChI is InChI=1S/C17H22N4OS/c1-13(22)21-9-5-14(6-10-21)2-3-15-4-7-18-16(12-15)20-17-19-8-11-23-17/h4,7-8,11-12,14H,2-3,5-6,9-10H2,1H3,(H,18,19,20). The molecule has 1 saturated heterocycles. The van der Waals surface area contributed by atoms with Crippen molar-refractivity contribution in [2.75, 3.05) is 18.4 Å². The van der Waals surface area contributed by atoms with Crippen molar-refractivity contribution >= 4 is 28.2 Å². The second-order valence-corrected chi connectivity index (χ2v) is 6.89. The number of rotatable bonds is 5. The van der Waals surface area contributed by atoms with Gasteiger partial charge in [0.1, 0.15) is 5.82 Å². The van der Waals surface area contributed by atoms with Gasteiger partial charge in [-0.2, -0.15) is 0 Å². The lowest BCUT2D eigenvalue weighted by Gasteiger charge is -2.31. The third kappa shape index (κ3) is 4.51. The summed E-state index contributed by atoms with van der Waals surface area (Å²) in [6.45, 7) is 3.48. The zero-order valence-corrected chi connectivity index (χ0v) is 14.2. The van der Waals surface area contributed by atoms with Crippen molar-refractivity contribution in [2.45, 2.75) is 32.6 Å². The smallest absolute Gasteiger partial charge is 0.219 e. The molecule has 2 aromatic rings. The van der Waals surface area contributed by atoms with E-state index in [1.807, 2.05) is 16.5 Å². The fraction of sp³-hybridized carbons (Fsp3) is 0.471. The van der Waals surface area contributed by atoms with Gasteiger partial charge in [-0.15, -0.1) is 11.3 Å². The largest absolute Gasteiger partial charge is 0.343 e. The lowest BCUT2D eigenvalue weighted by molar-refractivity contribution is -0.130. The molecule has 0 atom stereocenters. The Morgan fingerprint density at radius 1 is 1.35 bits per heavy atom. The van der Waals surface area contributed by atoms with E-state index in [4.69, 9.17) is 0 Å². The molecule has 0 radical (unpaired) electrons. The number of aromatic nitrogens is 2. The Morgan fingerprint density at radius 3 is 2.87 bits per heavy atom. The molecule has 1 N–H and O–H groups in total. The number of thiazole rings is 1. The van der Waals surface area contributed by atoms with Crippen LogP contribution < -0.4 is 5.32 Å². The molecule has 6 heteroatoms. The molecule has 0 aromatic carbocycles. The Bertz CT molecular complexity index is 636. The van der Waals surface area contributed by atoms with Gasteiger partial charge >= 0.3 is 0 Å². The monoisotopic (exact) mass is 330 g/mol. The minimum Gasteiger partial charge on any atom is -0.343 e. The van der Waals surface area contributed by atoms with E-state index in [9.17, 15) is 4.79 Å².